The molecule has 1 aromatic heterocycles. The standard InChI is InChI=1S/C24H26N4O4S/c1-16(2)12-22(27-30)24(29)26-19(14-25)13-18-15-28(23-7-5-4-6-21(18)23)33(31,32)20-10-8-17(3)9-11-20/h4-11,15-16,19,30H,12-13H2,1-3H3,(H,26,29)/b27-22+. The summed E-state index contributed by atoms with van der Waals surface area (Å²) in [4.78, 5) is 12.6. The van der Waals surface area contributed by atoms with Gasteiger partial charge in [-0.3, -0.25) is 4.79 Å². The molecule has 0 fully saturated rings. The highest BCUT2D eigenvalue weighted by atomic mass is 32.2. The minimum absolute atomic E-state index is 0.0605. The highest BCUT2D eigenvalue weighted by Crippen LogP contribution is 2.27. The summed E-state index contributed by atoms with van der Waals surface area (Å²) in [6, 6.07) is 14.7. The first-order valence-corrected chi connectivity index (χ1v) is 11.9. The van der Waals surface area contributed by atoms with Crippen molar-refractivity contribution in [3.8, 4) is 6.07 Å². The molecule has 0 aliphatic carbocycles. The van der Waals surface area contributed by atoms with Crippen LogP contribution in [0.25, 0.3) is 10.9 Å². The second-order valence-corrected chi connectivity index (χ2v) is 10.1. The molecule has 0 saturated heterocycles. The molecule has 33 heavy (non-hydrogen) atoms. The normalized spacial score (nSPS) is 13.1. The van der Waals surface area contributed by atoms with Gasteiger partial charge in [0.05, 0.1) is 16.5 Å². The summed E-state index contributed by atoms with van der Waals surface area (Å²) < 4.78 is 27.8. The average Bonchev–Trinajstić information content (AvgIpc) is 3.16. The van der Waals surface area contributed by atoms with E-state index >= 15 is 0 Å². The van der Waals surface area contributed by atoms with Gasteiger partial charge in [-0.25, -0.2) is 12.4 Å². The van der Waals surface area contributed by atoms with Gasteiger partial charge in [-0.2, -0.15) is 5.26 Å². The Balaban J connectivity index is 1.95. The maximum atomic E-state index is 13.3. The van der Waals surface area contributed by atoms with Crippen LogP contribution in [0.5, 0.6) is 0 Å². The molecule has 9 heteroatoms. The SMILES string of the molecule is Cc1ccc(S(=O)(=O)n2cc(CC(C#N)NC(=O)/C(CC(C)C)=N/O)c3ccccc32)cc1. The Bertz CT molecular complexity index is 1330. The number of hydrogen-bond donors (Lipinski definition) is 2. The summed E-state index contributed by atoms with van der Waals surface area (Å²) in [5, 5.41) is 25.1. The molecular weight excluding hydrogens is 440 g/mol. The van der Waals surface area contributed by atoms with E-state index in [-0.39, 0.29) is 29.4 Å². The highest BCUT2D eigenvalue weighted by molar-refractivity contribution is 7.90. The van der Waals surface area contributed by atoms with Crippen LogP contribution < -0.4 is 5.32 Å². The molecule has 1 atom stereocenters. The molecule has 0 aliphatic rings. The van der Waals surface area contributed by atoms with Crippen molar-refractivity contribution >= 4 is 32.5 Å². The maximum absolute atomic E-state index is 13.3. The van der Waals surface area contributed by atoms with Crippen LogP contribution in [-0.2, 0) is 21.2 Å². The van der Waals surface area contributed by atoms with Crippen LogP contribution in [0, 0.1) is 24.2 Å². The number of aromatic nitrogens is 1. The van der Waals surface area contributed by atoms with Crippen LogP contribution in [0.1, 0.15) is 31.4 Å². The van der Waals surface area contributed by atoms with Gasteiger partial charge in [-0.05, 0) is 36.6 Å². The van der Waals surface area contributed by atoms with Gasteiger partial charge in [0.25, 0.3) is 15.9 Å². The zero-order valence-electron chi connectivity index (χ0n) is 18.7. The number of hydrogen-bond acceptors (Lipinski definition) is 6. The predicted molar refractivity (Wildman–Crippen MR) is 126 cm³/mol. The van der Waals surface area contributed by atoms with Crippen molar-refractivity contribution in [1.82, 2.24) is 9.29 Å². The van der Waals surface area contributed by atoms with E-state index in [9.17, 15) is 18.5 Å². The molecule has 1 heterocycles. The van der Waals surface area contributed by atoms with Gasteiger partial charge in [0.15, 0.2) is 0 Å². The van der Waals surface area contributed by atoms with E-state index in [4.69, 9.17) is 5.21 Å². The molecule has 0 saturated carbocycles. The fourth-order valence-corrected chi connectivity index (χ4v) is 4.95. The zero-order chi connectivity index (χ0) is 24.2. The van der Waals surface area contributed by atoms with Crippen molar-refractivity contribution in [1.29, 1.82) is 5.26 Å². The van der Waals surface area contributed by atoms with E-state index < -0.39 is 22.0 Å². The number of nitrogens with one attached hydrogen (secondary N) is 1. The van der Waals surface area contributed by atoms with Gasteiger partial charge >= 0.3 is 0 Å². The van der Waals surface area contributed by atoms with E-state index in [1.54, 1.807) is 48.5 Å². The van der Waals surface area contributed by atoms with E-state index in [1.165, 1.54) is 10.2 Å². The smallest absolute Gasteiger partial charge is 0.270 e. The second kappa shape index (κ2) is 9.88. The second-order valence-electron chi connectivity index (χ2n) is 8.29. The van der Waals surface area contributed by atoms with E-state index in [0.717, 1.165) is 5.56 Å². The Morgan fingerprint density at radius 3 is 2.45 bits per heavy atom. The number of carbonyl (C=O) groups excluding carboxylic acids is 1. The van der Waals surface area contributed by atoms with Gasteiger partial charge in [0.1, 0.15) is 11.8 Å². The van der Waals surface area contributed by atoms with Gasteiger partial charge in [-0.1, -0.05) is 54.9 Å². The Kier molecular flexibility index (Phi) is 7.19. The van der Waals surface area contributed by atoms with Crippen molar-refractivity contribution in [2.45, 2.75) is 44.6 Å². The summed E-state index contributed by atoms with van der Waals surface area (Å²) in [5.41, 5.74) is 1.96. The first kappa shape index (κ1) is 24.0. The van der Waals surface area contributed by atoms with Crippen LogP contribution in [0.15, 0.2) is 64.8 Å². The van der Waals surface area contributed by atoms with Crippen molar-refractivity contribution in [3.63, 3.8) is 0 Å². The van der Waals surface area contributed by atoms with Gasteiger partial charge < -0.3 is 10.5 Å². The lowest BCUT2D eigenvalue weighted by molar-refractivity contribution is -0.115. The topological polar surface area (TPSA) is 125 Å². The minimum atomic E-state index is -3.86. The summed E-state index contributed by atoms with van der Waals surface area (Å²) in [5.74, 6) is -0.541. The van der Waals surface area contributed by atoms with Crippen LogP contribution in [0.2, 0.25) is 0 Å². The number of nitrogens with zero attached hydrogens (tertiary/aromatic N) is 3. The maximum Gasteiger partial charge on any atom is 0.270 e. The molecule has 2 aromatic carbocycles. The zero-order valence-corrected chi connectivity index (χ0v) is 19.5. The molecule has 0 radical (unpaired) electrons. The number of rotatable bonds is 8. The first-order valence-electron chi connectivity index (χ1n) is 10.5. The number of aryl methyl sites for hydroxylation is 1. The van der Waals surface area contributed by atoms with Crippen LogP contribution >= 0.6 is 0 Å². The molecule has 3 aromatic rings. The third-order valence-electron chi connectivity index (χ3n) is 5.21. The lowest BCUT2D eigenvalue weighted by Crippen LogP contribution is -2.40. The van der Waals surface area contributed by atoms with Gasteiger partial charge in [-0.15, -0.1) is 0 Å². The number of amides is 1. The van der Waals surface area contributed by atoms with Gasteiger partial charge in [0.2, 0.25) is 0 Å². The van der Waals surface area contributed by atoms with Crippen molar-refractivity contribution in [3.05, 3.63) is 65.9 Å². The van der Waals surface area contributed by atoms with Crippen molar-refractivity contribution < 1.29 is 18.4 Å². The molecule has 0 aliphatic heterocycles. The lowest BCUT2D eigenvalue weighted by atomic mass is 10.0. The van der Waals surface area contributed by atoms with E-state index in [2.05, 4.69) is 10.5 Å². The fraction of sp³-hybridized carbons (Fsp3) is 0.292. The molecule has 1 unspecified atom stereocenters. The fourth-order valence-electron chi connectivity index (χ4n) is 3.56. The quantitative estimate of drug-likeness (QED) is 0.298. The third kappa shape index (κ3) is 5.23. The van der Waals surface area contributed by atoms with Gasteiger partial charge in [0, 0.05) is 24.4 Å². The van der Waals surface area contributed by atoms with Crippen LogP contribution in [0.3, 0.4) is 0 Å². The highest BCUT2D eigenvalue weighted by Gasteiger charge is 2.24. The third-order valence-corrected chi connectivity index (χ3v) is 6.90. The molecule has 172 valence electrons. The largest absolute Gasteiger partial charge is 0.410 e. The lowest BCUT2D eigenvalue weighted by Gasteiger charge is -2.13. The molecule has 8 nitrogen and oxygen atoms in total. The summed E-state index contributed by atoms with van der Waals surface area (Å²) in [6.45, 7) is 5.64. The molecule has 0 bridgehead atoms. The average molecular weight is 467 g/mol. The molecule has 1 amide bonds. The van der Waals surface area contributed by atoms with E-state index in [0.29, 0.717) is 16.5 Å². The monoisotopic (exact) mass is 466 g/mol. The molecule has 2 N–H and O–H groups in total. The Labute approximate surface area is 193 Å². The number of benzene rings is 2. The summed E-state index contributed by atoms with van der Waals surface area (Å²) in [7, 11) is -3.86. The summed E-state index contributed by atoms with van der Waals surface area (Å²) in [6.07, 6.45) is 1.83. The Morgan fingerprint density at radius 1 is 1.18 bits per heavy atom. The Morgan fingerprint density at radius 2 is 1.85 bits per heavy atom. The number of nitriles is 1. The Hall–Kier alpha value is -3.64. The van der Waals surface area contributed by atoms with E-state index in [1.807, 2.05) is 26.8 Å². The van der Waals surface area contributed by atoms with Crippen molar-refractivity contribution in [2.24, 2.45) is 11.1 Å². The van der Waals surface area contributed by atoms with Crippen LogP contribution in [-0.4, -0.2) is 35.3 Å². The van der Waals surface area contributed by atoms with Crippen LogP contribution in [0.4, 0.5) is 0 Å². The predicted octanol–water partition coefficient (Wildman–Crippen LogP) is 3.61. The molecule has 3 rings (SSSR count). The number of fused-ring (bicyclic) bond motifs is 1. The molecule has 0 spiro atoms. The molecular formula is C24H26N4O4S. The number of carbonyl (C=O) groups is 1. The summed E-state index contributed by atoms with van der Waals surface area (Å²) >= 11 is 0. The van der Waals surface area contributed by atoms with Crippen molar-refractivity contribution in [2.75, 3.05) is 0 Å². The first-order chi connectivity index (χ1) is 15.7. The number of oxime groups is 1. The minimum Gasteiger partial charge on any atom is -0.410 e. The number of para-hydroxylation sites is 1.